The van der Waals surface area contributed by atoms with Crippen molar-refractivity contribution < 1.29 is 0 Å². The lowest BCUT2D eigenvalue weighted by molar-refractivity contribution is 0.122. The Morgan fingerprint density at radius 3 is 3.00 bits per heavy atom. The average molecular weight is 223 g/mol. The highest BCUT2D eigenvalue weighted by atomic mass is 15.3. The van der Waals surface area contributed by atoms with Crippen molar-refractivity contribution in [2.24, 2.45) is 24.6 Å². The molecule has 2 unspecified atom stereocenters. The third-order valence-corrected chi connectivity index (χ3v) is 3.67. The number of nitrogens with zero attached hydrogens (tertiary/aromatic N) is 4. The second-order valence-corrected chi connectivity index (χ2v) is 4.80. The third-order valence-electron chi connectivity index (χ3n) is 3.67. The highest BCUT2D eigenvalue weighted by Crippen LogP contribution is 2.22. The Bertz CT molecular complexity index is 335. The molecule has 5 nitrogen and oxygen atoms in total. The first-order valence-electron chi connectivity index (χ1n) is 5.96. The van der Waals surface area contributed by atoms with Gasteiger partial charge in [0.15, 0.2) is 0 Å². The molecule has 1 aliphatic rings. The number of aryl methyl sites for hydroxylation is 1. The number of nitrogens with two attached hydrogens (primary N) is 1. The van der Waals surface area contributed by atoms with Crippen LogP contribution in [0.25, 0.3) is 0 Å². The van der Waals surface area contributed by atoms with Crippen LogP contribution in [0.15, 0.2) is 6.33 Å². The van der Waals surface area contributed by atoms with E-state index < -0.39 is 0 Å². The van der Waals surface area contributed by atoms with E-state index in [4.69, 9.17) is 5.73 Å². The fraction of sp³-hybridized carbons (Fsp3) is 0.818. The fourth-order valence-electron chi connectivity index (χ4n) is 2.34. The van der Waals surface area contributed by atoms with Crippen molar-refractivity contribution in [2.45, 2.75) is 19.9 Å². The number of hydrogen-bond donors (Lipinski definition) is 1. The van der Waals surface area contributed by atoms with Crippen molar-refractivity contribution in [3.05, 3.63) is 12.2 Å². The van der Waals surface area contributed by atoms with Gasteiger partial charge < -0.3 is 5.73 Å². The standard InChI is InChI=1S/C11H21N5/c1-9-3-4-16(6-10(9)5-12)7-11-13-8-14-15(11)2/h8-10H,3-7,12H2,1-2H3. The van der Waals surface area contributed by atoms with Crippen LogP contribution >= 0.6 is 0 Å². The van der Waals surface area contributed by atoms with Crippen LogP contribution in [0, 0.1) is 11.8 Å². The van der Waals surface area contributed by atoms with Crippen LogP contribution in [0.5, 0.6) is 0 Å². The van der Waals surface area contributed by atoms with Crippen molar-refractivity contribution in [1.82, 2.24) is 19.7 Å². The lowest BCUT2D eigenvalue weighted by Crippen LogP contribution is -2.42. The maximum Gasteiger partial charge on any atom is 0.140 e. The summed E-state index contributed by atoms with van der Waals surface area (Å²) in [6.45, 7) is 6.21. The van der Waals surface area contributed by atoms with E-state index in [1.54, 1.807) is 6.33 Å². The van der Waals surface area contributed by atoms with Gasteiger partial charge in [0.25, 0.3) is 0 Å². The van der Waals surface area contributed by atoms with Gasteiger partial charge in [-0.2, -0.15) is 5.10 Å². The minimum Gasteiger partial charge on any atom is -0.330 e. The molecule has 90 valence electrons. The number of rotatable bonds is 3. The quantitative estimate of drug-likeness (QED) is 0.797. The molecule has 0 aliphatic carbocycles. The van der Waals surface area contributed by atoms with Crippen LogP contribution in [0.3, 0.4) is 0 Å². The molecule has 2 rings (SSSR count). The number of hydrogen-bond acceptors (Lipinski definition) is 4. The Morgan fingerprint density at radius 1 is 1.56 bits per heavy atom. The van der Waals surface area contributed by atoms with Gasteiger partial charge in [0.1, 0.15) is 12.2 Å². The summed E-state index contributed by atoms with van der Waals surface area (Å²) in [6, 6.07) is 0. The Morgan fingerprint density at radius 2 is 2.38 bits per heavy atom. The zero-order valence-corrected chi connectivity index (χ0v) is 10.1. The van der Waals surface area contributed by atoms with Crippen molar-refractivity contribution in [1.29, 1.82) is 0 Å². The molecular formula is C11H21N5. The largest absolute Gasteiger partial charge is 0.330 e. The highest BCUT2D eigenvalue weighted by molar-refractivity contribution is 4.86. The van der Waals surface area contributed by atoms with Gasteiger partial charge in [-0.05, 0) is 31.3 Å². The molecule has 0 spiro atoms. The SMILES string of the molecule is CC1CCN(Cc2ncnn2C)CC1CN. The monoisotopic (exact) mass is 223 g/mol. The summed E-state index contributed by atoms with van der Waals surface area (Å²) in [6.07, 6.45) is 2.85. The molecule has 5 heteroatoms. The summed E-state index contributed by atoms with van der Waals surface area (Å²) in [5.74, 6) is 2.41. The van der Waals surface area contributed by atoms with Gasteiger partial charge in [-0.3, -0.25) is 9.58 Å². The first-order chi connectivity index (χ1) is 7.70. The fourth-order valence-corrected chi connectivity index (χ4v) is 2.34. The second-order valence-electron chi connectivity index (χ2n) is 4.80. The molecule has 1 fully saturated rings. The van der Waals surface area contributed by atoms with E-state index in [9.17, 15) is 0 Å². The molecule has 0 bridgehead atoms. The second kappa shape index (κ2) is 4.93. The van der Waals surface area contributed by atoms with Crippen LogP contribution in [0.4, 0.5) is 0 Å². The zero-order chi connectivity index (χ0) is 11.5. The zero-order valence-electron chi connectivity index (χ0n) is 10.1. The van der Waals surface area contributed by atoms with E-state index >= 15 is 0 Å². The van der Waals surface area contributed by atoms with E-state index in [1.165, 1.54) is 6.42 Å². The van der Waals surface area contributed by atoms with Crippen molar-refractivity contribution in [3.8, 4) is 0 Å². The number of likely N-dealkylation sites (tertiary alicyclic amines) is 1. The average Bonchev–Trinajstić information content (AvgIpc) is 2.67. The molecule has 2 atom stereocenters. The van der Waals surface area contributed by atoms with Gasteiger partial charge in [-0.25, -0.2) is 4.98 Å². The lowest BCUT2D eigenvalue weighted by Gasteiger charge is -2.36. The predicted octanol–water partition coefficient (Wildman–Crippen LogP) is 0.232. The van der Waals surface area contributed by atoms with Gasteiger partial charge in [-0.15, -0.1) is 0 Å². The first kappa shape index (κ1) is 11.5. The molecule has 0 amide bonds. The van der Waals surface area contributed by atoms with Gasteiger partial charge in [-0.1, -0.05) is 6.92 Å². The molecule has 0 saturated carbocycles. The molecule has 0 radical (unpaired) electrons. The van der Waals surface area contributed by atoms with Crippen LogP contribution in [-0.2, 0) is 13.6 Å². The molecule has 2 N–H and O–H groups in total. The maximum absolute atomic E-state index is 5.80. The van der Waals surface area contributed by atoms with Crippen LogP contribution in [0.2, 0.25) is 0 Å². The smallest absolute Gasteiger partial charge is 0.140 e. The molecular weight excluding hydrogens is 202 g/mol. The Kier molecular flexibility index (Phi) is 3.56. The van der Waals surface area contributed by atoms with E-state index in [0.717, 1.165) is 37.9 Å². The summed E-state index contributed by atoms with van der Waals surface area (Å²) in [5, 5.41) is 4.09. The molecule has 1 saturated heterocycles. The molecule has 2 heterocycles. The van der Waals surface area contributed by atoms with E-state index in [0.29, 0.717) is 5.92 Å². The number of piperidine rings is 1. The summed E-state index contributed by atoms with van der Waals surface area (Å²) < 4.78 is 1.84. The predicted molar refractivity (Wildman–Crippen MR) is 62.6 cm³/mol. The Labute approximate surface area is 96.6 Å². The summed E-state index contributed by atoms with van der Waals surface area (Å²) in [4.78, 5) is 6.69. The third kappa shape index (κ3) is 2.41. The summed E-state index contributed by atoms with van der Waals surface area (Å²) in [7, 11) is 1.94. The van der Waals surface area contributed by atoms with Crippen LogP contribution in [-0.4, -0.2) is 39.3 Å². The van der Waals surface area contributed by atoms with Crippen molar-refractivity contribution in [3.63, 3.8) is 0 Å². The van der Waals surface area contributed by atoms with Gasteiger partial charge in [0, 0.05) is 13.6 Å². The normalized spacial score (nSPS) is 27.2. The van der Waals surface area contributed by atoms with Crippen molar-refractivity contribution in [2.75, 3.05) is 19.6 Å². The van der Waals surface area contributed by atoms with Gasteiger partial charge in [0.05, 0.1) is 6.54 Å². The van der Waals surface area contributed by atoms with Gasteiger partial charge in [0.2, 0.25) is 0 Å². The molecule has 16 heavy (non-hydrogen) atoms. The van der Waals surface area contributed by atoms with Crippen molar-refractivity contribution >= 4 is 0 Å². The van der Waals surface area contributed by atoms with Crippen LogP contribution < -0.4 is 5.73 Å². The van der Waals surface area contributed by atoms with E-state index in [-0.39, 0.29) is 0 Å². The minimum absolute atomic E-state index is 0.627. The summed E-state index contributed by atoms with van der Waals surface area (Å²) >= 11 is 0. The van der Waals surface area contributed by atoms with E-state index in [2.05, 4.69) is 21.9 Å². The van der Waals surface area contributed by atoms with Gasteiger partial charge >= 0.3 is 0 Å². The Balaban J connectivity index is 1.94. The topological polar surface area (TPSA) is 60.0 Å². The lowest BCUT2D eigenvalue weighted by atomic mass is 9.87. The van der Waals surface area contributed by atoms with Crippen LogP contribution in [0.1, 0.15) is 19.2 Å². The van der Waals surface area contributed by atoms with E-state index in [1.807, 2.05) is 11.7 Å². The molecule has 1 aliphatic heterocycles. The summed E-state index contributed by atoms with van der Waals surface area (Å²) in [5.41, 5.74) is 5.80. The molecule has 1 aromatic rings. The highest BCUT2D eigenvalue weighted by Gasteiger charge is 2.25. The number of aromatic nitrogens is 3. The first-order valence-corrected chi connectivity index (χ1v) is 5.96. The minimum atomic E-state index is 0.627. The molecule has 0 aromatic carbocycles. The maximum atomic E-state index is 5.80. The molecule has 1 aromatic heterocycles. The Hall–Kier alpha value is -0.940.